The SMILES string of the molecule is Cc1ncc2c(n1)CCN(C(=O)N[C@@H](C)Cc1ccco1)C2. The van der Waals surface area contributed by atoms with Crippen molar-refractivity contribution in [3.63, 3.8) is 0 Å². The highest BCUT2D eigenvalue weighted by molar-refractivity contribution is 5.74. The Morgan fingerprint density at radius 3 is 3.18 bits per heavy atom. The molecule has 0 unspecified atom stereocenters. The van der Waals surface area contributed by atoms with Crippen LogP contribution in [0.15, 0.2) is 29.0 Å². The molecule has 116 valence electrons. The van der Waals surface area contributed by atoms with Gasteiger partial charge in [-0.2, -0.15) is 0 Å². The Hall–Kier alpha value is -2.37. The molecule has 1 aliphatic heterocycles. The van der Waals surface area contributed by atoms with E-state index in [1.807, 2.05) is 32.2 Å². The highest BCUT2D eigenvalue weighted by Gasteiger charge is 2.23. The molecule has 6 nitrogen and oxygen atoms in total. The van der Waals surface area contributed by atoms with Crippen molar-refractivity contribution < 1.29 is 9.21 Å². The number of hydrogen-bond donors (Lipinski definition) is 1. The number of carbonyl (C=O) groups excluding carboxylic acids is 1. The molecule has 6 heteroatoms. The Bertz CT molecular complexity index is 654. The van der Waals surface area contributed by atoms with Crippen molar-refractivity contribution in [2.24, 2.45) is 0 Å². The maximum atomic E-state index is 12.4. The molecule has 0 bridgehead atoms. The summed E-state index contributed by atoms with van der Waals surface area (Å²) in [5, 5.41) is 3.02. The first kappa shape index (κ1) is 14.6. The van der Waals surface area contributed by atoms with E-state index in [0.29, 0.717) is 19.5 Å². The third-order valence-corrected chi connectivity index (χ3v) is 3.80. The molecule has 3 heterocycles. The van der Waals surface area contributed by atoms with Crippen molar-refractivity contribution in [3.8, 4) is 0 Å². The summed E-state index contributed by atoms with van der Waals surface area (Å²) in [6, 6.07) is 3.74. The van der Waals surface area contributed by atoms with Crippen molar-refractivity contribution in [2.45, 2.75) is 39.3 Å². The van der Waals surface area contributed by atoms with Crippen LogP contribution in [-0.2, 0) is 19.4 Å². The van der Waals surface area contributed by atoms with E-state index in [-0.39, 0.29) is 12.1 Å². The van der Waals surface area contributed by atoms with E-state index in [9.17, 15) is 4.79 Å². The van der Waals surface area contributed by atoms with Crippen molar-refractivity contribution in [1.82, 2.24) is 20.2 Å². The monoisotopic (exact) mass is 300 g/mol. The molecule has 2 aromatic rings. The molecule has 0 radical (unpaired) electrons. The van der Waals surface area contributed by atoms with Crippen molar-refractivity contribution in [3.05, 3.63) is 47.4 Å². The molecule has 0 saturated carbocycles. The molecular formula is C16H20N4O2. The first-order valence-corrected chi connectivity index (χ1v) is 7.51. The number of nitrogens with one attached hydrogen (secondary N) is 1. The number of carbonyl (C=O) groups is 1. The third-order valence-electron chi connectivity index (χ3n) is 3.80. The fraction of sp³-hybridized carbons (Fsp3) is 0.438. The third kappa shape index (κ3) is 3.27. The second kappa shape index (κ2) is 6.17. The molecule has 3 rings (SSSR count). The average molecular weight is 300 g/mol. The lowest BCUT2D eigenvalue weighted by Gasteiger charge is -2.29. The molecule has 1 atom stereocenters. The topological polar surface area (TPSA) is 71.3 Å². The van der Waals surface area contributed by atoms with Gasteiger partial charge in [0.05, 0.1) is 18.5 Å². The van der Waals surface area contributed by atoms with Gasteiger partial charge in [0.1, 0.15) is 11.6 Å². The van der Waals surface area contributed by atoms with Gasteiger partial charge >= 0.3 is 6.03 Å². The lowest BCUT2D eigenvalue weighted by molar-refractivity contribution is 0.188. The normalized spacial score (nSPS) is 15.3. The van der Waals surface area contributed by atoms with Crippen LogP contribution < -0.4 is 5.32 Å². The van der Waals surface area contributed by atoms with Crippen LogP contribution in [0.3, 0.4) is 0 Å². The number of amides is 2. The molecule has 0 spiro atoms. The van der Waals surface area contributed by atoms with E-state index in [4.69, 9.17) is 4.42 Å². The zero-order valence-electron chi connectivity index (χ0n) is 12.9. The smallest absolute Gasteiger partial charge is 0.317 e. The summed E-state index contributed by atoms with van der Waals surface area (Å²) < 4.78 is 5.31. The van der Waals surface area contributed by atoms with E-state index in [1.54, 1.807) is 11.2 Å². The Morgan fingerprint density at radius 1 is 1.55 bits per heavy atom. The molecular weight excluding hydrogens is 280 g/mol. The van der Waals surface area contributed by atoms with Gasteiger partial charge in [-0.05, 0) is 26.0 Å². The maximum absolute atomic E-state index is 12.4. The van der Waals surface area contributed by atoms with E-state index < -0.39 is 0 Å². The van der Waals surface area contributed by atoms with Gasteiger partial charge in [0.25, 0.3) is 0 Å². The molecule has 0 fully saturated rings. The first-order chi connectivity index (χ1) is 10.6. The second-order valence-corrected chi connectivity index (χ2v) is 5.69. The minimum Gasteiger partial charge on any atom is -0.469 e. The molecule has 1 N–H and O–H groups in total. The summed E-state index contributed by atoms with van der Waals surface area (Å²) in [4.78, 5) is 22.8. The van der Waals surface area contributed by atoms with Crippen LogP contribution >= 0.6 is 0 Å². The standard InChI is InChI=1S/C16H20N4O2/c1-11(8-14-4-3-7-22-14)18-16(21)20-6-5-15-13(10-20)9-17-12(2)19-15/h3-4,7,9,11H,5-6,8,10H2,1-2H3,(H,18,21)/t11-/m0/s1. The summed E-state index contributed by atoms with van der Waals surface area (Å²) in [6.45, 7) is 5.11. The van der Waals surface area contributed by atoms with Crippen LogP contribution in [0.2, 0.25) is 0 Å². The van der Waals surface area contributed by atoms with E-state index >= 15 is 0 Å². The van der Waals surface area contributed by atoms with Gasteiger partial charge in [0, 0.05) is 37.2 Å². The lowest BCUT2D eigenvalue weighted by atomic mass is 10.1. The largest absolute Gasteiger partial charge is 0.469 e. The van der Waals surface area contributed by atoms with Crippen molar-refractivity contribution in [2.75, 3.05) is 6.54 Å². The maximum Gasteiger partial charge on any atom is 0.317 e. The first-order valence-electron chi connectivity index (χ1n) is 7.51. The summed E-state index contributed by atoms with van der Waals surface area (Å²) in [6.07, 6.45) is 4.93. The lowest BCUT2D eigenvalue weighted by Crippen LogP contribution is -2.46. The van der Waals surface area contributed by atoms with E-state index in [1.165, 1.54) is 0 Å². The predicted molar refractivity (Wildman–Crippen MR) is 81.3 cm³/mol. The summed E-state index contributed by atoms with van der Waals surface area (Å²) >= 11 is 0. The number of hydrogen-bond acceptors (Lipinski definition) is 4. The van der Waals surface area contributed by atoms with Gasteiger partial charge in [-0.3, -0.25) is 0 Å². The highest BCUT2D eigenvalue weighted by atomic mass is 16.3. The number of fused-ring (bicyclic) bond motifs is 1. The van der Waals surface area contributed by atoms with Crippen LogP contribution in [-0.4, -0.2) is 33.5 Å². The molecule has 2 amide bonds. The molecule has 1 aliphatic rings. The highest BCUT2D eigenvalue weighted by Crippen LogP contribution is 2.16. The van der Waals surface area contributed by atoms with Gasteiger partial charge in [0.15, 0.2) is 0 Å². The van der Waals surface area contributed by atoms with Gasteiger partial charge < -0.3 is 14.6 Å². The fourth-order valence-electron chi connectivity index (χ4n) is 2.67. The Morgan fingerprint density at radius 2 is 2.41 bits per heavy atom. The second-order valence-electron chi connectivity index (χ2n) is 5.69. The average Bonchev–Trinajstić information content (AvgIpc) is 2.99. The van der Waals surface area contributed by atoms with Crippen LogP contribution in [0.25, 0.3) is 0 Å². The number of aromatic nitrogens is 2. The minimum atomic E-state index is -0.0507. The summed E-state index contributed by atoms with van der Waals surface area (Å²) in [5.41, 5.74) is 2.09. The van der Waals surface area contributed by atoms with Crippen LogP contribution in [0.1, 0.15) is 29.8 Å². The van der Waals surface area contributed by atoms with Crippen LogP contribution in [0.4, 0.5) is 4.79 Å². The Kier molecular flexibility index (Phi) is 4.09. The zero-order chi connectivity index (χ0) is 15.5. The molecule has 0 aromatic carbocycles. The molecule has 0 aliphatic carbocycles. The molecule has 2 aromatic heterocycles. The van der Waals surface area contributed by atoms with Gasteiger partial charge in [-0.25, -0.2) is 14.8 Å². The Balaban J connectivity index is 1.58. The van der Waals surface area contributed by atoms with Gasteiger partial charge in [0.2, 0.25) is 0 Å². The van der Waals surface area contributed by atoms with E-state index in [0.717, 1.165) is 29.3 Å². The molecule has 22 heavy (non-hydrogen) atoms. The fourth-order valence-corrected chi connectivity index (χ4v) is 2.67. The summed E-state index contributed by atoms with van der Waals surface area (Å²) in [7, 11) is 0. The van der Waals surface area contributed by atoms with Crippen LogP contribution in [0, 0.1) is 6.92 Å². The van der Waals surface area contributed by atoms with Gasteiger partial charge in [-0.15, -0.1) is 0 Å². The van der Waals surface area contributed by atoms with Crippen molar-refractivity contribution >= 4 is 6.03 Å². The van der Waals surface area contributed by atoms with Gasteiger partial charge in [-0.1, -0.05) is 0 Å². The number of furan rings is 1. The van der Waals surface area contributed by atoms with Crippen molar-refractivity contribution in [1.29, 1.82) is 0 Å². The predicted octanol–water partition coefficient (Wildman–Crippen LogP) is 2.08. The number of rotatable bonds is 3. The quantitative estimate of drug-likeness (QED) is 0.942. The molecule has 0 saturated heterocycles. The van der Waals surface area contributed by atoms with E-state index in [2.05, 4.69) is 15.3 Å². The Labute approximate surface area is 129 Å². The summed E-state index contributed by atoms with van der Waals surface area (Å²) in [5.74, 6) is 1.66. The number of urea groups is 1. The van der Waals surface area contributed by atoms with Crippen LogP contribution in [0.5, 0.6) is 0 Å². The number of aryl methyl sites for hydroxylation is 1. The minimum absolute atomic E-state index is 0.0225. The zero-order valence-corrected chi connectivity index (χ0v) is 12.9. The number of nitrogens with zero attached hydrogens (tertiary/aromatic N) is 3.